The van der Waals surface area contributed by atoms with E-state index in [0.29, 0.717) is 0 Å². The predicted octanol–water partition coefficient (Wildman–Crippen LogP) is -0.260. The number of hydrogen-bond acceptors (Lipinski definition) is 3. The molecule has 9 heavy (non-hydrogen) atoms. The lowest BCUT2D eigenvalue weighted by atomic mass is 10.2. The van der Waals surface area contributed by atoms with E-state index in [1.807, 2.05) is 0 Å². The Kier molecular flexibility index (Phi) is 1.68. The number of aliphatic carboxylic acids is 1. The van der Waals surface area contributed by atoms with Gasteiger partial charge in [0.15, 0.2) is 6.10 Å². The number of carbonyl (C=O) groups is 1. The van der Waals surface area contributed by atoms with Gasteiger partial charge in [0.05, 0.1) is 0 Å². The van der Waals surface area contributed by atoms with Gasteiger partial charge in [0.25, 0.3) is 0 Å². The molecule has 0 spiro atoms. The molecule has 0 radical (unpaired) electrons. The van der Waals surface area contributed by atoms with Gasteiger partial charge in [-0.25, -0.2) is 10.7 Å². The molecule has 0 amide bonds. The molecule has 1 rings (SSSR count). The van der Waals surface area contributed by atoms with Crippen LogP contribution in [-0.2, 0) is 9.63 Å². The standard InChI is InChI=1S/C5H9NO3/c6-9-4(5(7)8)3-1-2-3/h3-4H,1-2,6H2,(H,7,8)/t4-/m0/s1. The van der Waals surface area contributed by atoms with E-state index in [2.05, 4.69) is 4.84 Å². The third kappa shape index (κ3) is 1.40. The van der Waals surface area contributed by atoms with E-state index in [1.165, 1.54) is 0 Å². The van der Waals surface area contributed by atoms with Crippen molar-refractivity contribution in [1.29, 1.82) is 0 Å². The van der Waals surface area contributed by atoms with Gasteiger partial charge in [-0.05, 0) is 18.8 Å². The van der Waals surface area contributed by atoms with Crippen LogP contribution in [0.25, 0.3) is 0 Å². The summed E-state index contributed by atoms with van der Waals surface area (Å²) in [5.41, 5.74) is 0. The van der Waals surface area contributed by atoms with Gasteiger partial charge < -0.3 is 5.11 Å². The Balaban J connectivity index is 2.37. The Morgan fingerprint density at radius 1 is 1.78 bits per heavy atom. The molecule has 4 nitrogen and oxygen atoms in total. The zero-order valence-corrected chi connectivity index (χ0v) is 4.91. The summed E-state index contributed by atoms with van der Waals surface area (Å²) in [5, 5.41) is 8.38. The minimum absolute atomic E-state index is 0.160. The highest BCUT2D eigenvalue weighted by molar-refractivity contribution is 5.73. The molecule has 3 N–H and O–H groups in total. The van der Waals surface area contributed by atoms with Crippen molar-refractivity contribution >= 4 is 5.97 Å². The van der Waals surface area contributed by atoms with Crippen LogP contribution in [0.5, 0.6) is 0 Å². The van der Waals surface area contributed by atoms with E-state index in [-0.39, 0.29) is 5.92 Å². The predicted molar refractivity (Wildman–Crippen MR) is 29.4 cm³/mol. The van der Waals surface area contributed by atoms with E-state index in [4.69, 9.17) is 11.0 Å². The Morgan fingerprint density at radius 3 is 2.44 bits per heavy atom. The highest BCUT2D eigenvalue weighted by Gasteiger charge is 2.36. The molecule has 0 aliphatic heterocycles. The van der Waals surface area contributed by atoms with E-state index < -0.39 is 12.1 Å². The van der Waals surface area contributed by atoms with Crippen molar-refractivity contribution in [2.75, 3.05) is 0 Å². The molecule has 1 aliphatic rings. The number of carboxylic acid groups (broad SMARTS) is 1. The number of hydrogen-bond donors (Lipinski definition) is 2. The van der Waals surface area contributed by atoms with Crippen molar-refractivity contribution in [3.05, 3.63) is 0 Å². The molecule has 0 unspecified atom stereocenters. The van der Waals surface area contributed by atoms with Crippen LogP contribution in [0.2, 0.25) is 0 Å². The van der Waals surface area contributed by atoms with E-state index in [1.54, 1.807) is 0 Å². The first kappa shape index (κ1) is 6.51. The van der Waals surface area contributed by atoms with Crippen LogP contribution in [0.4, 0.5) is 0 Å². The fourth-order valence-corrected chi connectivity index (χ4v) is 0.770. The first-order valence-corrected chi connectivity index (χ1v) is 2.84. The molecular weight excluding hydrogens is 122 g/mol. The van der Waals surface area contributed by atoms with Crippen molar-refractivity contribution in [1.82, 2.24) is 0 Å². The van der Waals surface area contributed by atoms with Gasteiger partial charge in [0.2, 0.25) is 0 Å². The quantitative estimate of drug-likeness (QED) is 0.517. The normalized spacial score (nSPS) is 21.4. The first-order valence-electron chi connectivity index (χ1n) is 2.84. The van der Waals surface area contributed by atoms with Gasteiger partial charge in [-0.3, -0.25) is 4.84 Å². The Hall–Kier alpha value is -0.610. The van der Waals surface area contributed by atoms with Crippen molar-refractivity contribution < 1.29 is 14.7 Å². The van der Waals surface area contributed by atoms with E-state index in [0.717, 1.165) is 12.8 Å². The maximum atomic E-state index is 10.2. The van der Waals surface area contributed by atoms with Gasteiger partial charge in [-0.2, -0.15) is 0 Å². The van der Waals surface area contributed by atoms with Crippen LogP contribution in [0.15, 0.2) is 0 Å². The highest BCUT2D eigenvalue weighted by atomic mass is 16.6. The Bertz CT molecular complexity index is 121. The van der Waals surface area contributed by atoms with E-state index in [9.17, 15) is 4.79 Å². The highest BCUT2D eigenvalue weighted by Crippen LogP contribution is 2.33. The topological polar surface area (TPSA) is 72.5 Å². The molecule has 4 heteroatoms. The third-order valence-electron chi connectivity index (χ3n) is 1.44. The molecule has 0 aromatic heterocycles. The molecule has 0 saturated heterocycles. The van der Waals surface area contributed by atoms with Crippen LogP contribution in [0.1, 0.15) is 12.8 Å². The van der Waals surface area contributed by atoms with Crippen LogP contribution < -0.4 is 5.90 Å². The third-order valence-corrected chi connectivity index (χ3v) is 1.44. The monoisotopic (exact) mass is 131 g/mol. The van der Waals surface area contributed by atoms with Gasteiger partial charge in [0, 0.05) is 0 Å². The molecule has 0 aromatic rings. The molecule has 0 bridgehead atoms. The fraction of sp³-hybridized carbons (Fsp3) is 0.800. The lowest BCUT2D eigenvalue weighted by Gasteiger charge is -2.05. The first-order chi connectivity index (χ1) is 4.25. The van der Waals surface area contributed by atoms with E-state index >= 15 is 0 Å². The summed E-state index contributed by atoms with van der Waals surface area (Å²) in [7, 11) is 0. The molecule has 1 fully saturated rings. The van der Waals surface area contributed by atoms with Crippen molar-refractivity contribution in [2.45, 2.75) is 18.9 Å². The van der Waals surface area contributed by atoms with Crippen LogP contribution in [0.3, 0.4) is 0 Å². The zero-order chi connectivity index (χ0) is 6.85. The van der Waals surface area contributed by atoms with Crippen LogP contribution in [-0.4, -0.2) is 17.2 Å². The summed E-state index contributed by atoms with van der Waals surface area (Å²) < 4.78 is 0. The largest absolute Gasteiger partial charge is 0.479 e. The Morgan fingerprint density at radius 2 is 2.33 bits per heavy atom. The van der Waals surface area contributed by atoms with Crippen molar-refractivity contribution in [3.63, 3.8) is 0 Å². The maximum Gasteiger partial charge on any atom is 0.335 e. The van der Waals surface area contributed by atoms with Gasteiger partial charge in [-0.15, -0.1) is 0 Å². The molecule has 1 atom stereocenters. The number of nitrogens with two attached hydrogens (primary N) is 1. The number of carboxylic acids is 1. The molecular formula is C5H9NO3. The lowest BCUT2D eigenvalue weighted by molar-refractivity contribution is -0.152. The summed E-state index contributed by atoms with van der Waals surface area (Å²) in [5.74, 6) is 3.94. The summed E-state index contributed by atoms with van der Waals surface area (Å²) in [6.45, 7) is 0. The lowest BCUT2D eigenvalue weighted by Crippen LogP contribution is -2.28. The Labute approximate surface area is 52.6 Å². The minimum atomic E-state index is -0.958. The fourth-order valence-electron chi connectivity index (χ4n) is 0.770. The second kappa shape index (κ2) is 2.33. The van der Waals surface area contributed by atoms with Gasteiger partial charge >= 0.3 is 5.97 Å². The smallest absolute Gasteiger partial charge is 0.335 e. The minimum Gasteiger partial charge on any atom is -0.479 e. The molecule has 0 heterocycles. The molecule has 1 aliphatic carbocycles. The summed E-state index contributed by atoms with van der Waals surface area (Å²) >= 11 is 0. The van der Waals surface area contributed by atoms with Gasteiger partial charge in [0.1, 0.15) is 0 Å². The second-order valence-electron chi connectivity index (χ2n) is 2.23. The second-order valence-corrected chi connectivity index (χ2v) is 2.23. The summed E-state index contributed by atoms with van der Waals surface area (Å²) in [6.07, 6.45) is 1.08. The molecule has 52 valence electrons. The maximum absolute atomic E-state index is 10.2. The van der Waals surface area contributed by atoms with Gasteiger partial charge in [-0.1, -0.05) is 0 Å². The average Bonchev–Trinajstić information content (AvgIpc) is 2.50. The van der Waals surface area contributed by atoms with Crippen molar-refractivity contribution in [2.24, 2.45) is 11.8 Å². The average molecular weight is 131 g/mol. The van der Waals surface area contributed by atoms with Crippen LogP contribution in [0, 0.1) is 5.92 Å². The van der Waals surface area contributed by atoms with Crippen LogP contribution >= 0.6 is 0 Å². The summed E-state index contributed by atoms with van der Waals surface area (Å²) in [4.78, 5) is 14.4. The molecule has 1 saturated carbocycles. The zero-order valence-electron chi connectivity index (χ0n) is 4.91. The van der Waals surface area contributed by atoms with Crippen molar-refractivity contribution in [3.8, 4) is 0 Å². The molecule has 0 aromatic carbocycles. The SMILES string of the molecule is NO[C@H](C(=O)O)C1CC1. The number of rotatable bonds is 3. The summed E-state index contributed by atoms with van der Waals surface area (Å²) in [6, 6.07) is 0.